The van der Waals surface area contributed by atoms with Gasteiger partial charge in [0.15, 0.2) is 21.3 Å². The number of carbonyl (C=O) groups excluding carboxylic acids is 1. The van der Waals surface area contributed by atoms with Crippen molar-refractivity contribution in [2.45, 2.75) is 19.0 Å². The second-order valence-corrected chi connectivity index (χ2v) is 9.70. The molecule has 162 valence electrons. The van der Waals surface area contributed by atoms with Crippen LogP contribution in [0.3, 0.4) is 0 Å². The minimum absolute atomic E-state index is 0.0618. The molecular weight excluding hydrogens is 430 g/mol. The average Bonchev–Trinajstić information content (AvgIpc) is 3.09. The first-order valence-corrected chi connectivity index (χ1v) is 11.5. The molecule has 30 heavy (non-hydrogen) atoms. The molecule has 7 nitrogen and oxygen atoms in total. The highest BCUT2D eigenvalue weighted by molar-refractivity contribution is 7.91. The van der Waals surface area contributed by atoms with Gasteiger partial charge in [-0.15, -0.1) is 0 Å². The zero-order valence-electron chi connectivity index (χ0n) is 17.1. The van der Waals surface area contributed by atoms with Crippen molar-refractivity contribution in [1.29, 1.82) is 0 Å². The molecular formula is C21H24ClNO6S. The molecule has 0 aromatic heterocycles. The number of carbonyl (C=O) groups is 1. The first kappa shape index (κ1) is 22.2. The average molecular weight is 454 g/mol. The second-order valence-electron chi connectivity index (χ2n) is 7.03. The zero-order valence-corrected chi connectivity index (χ0v) is 18.6. The van der Waals surface area contributed by atoms with Crippen LogP contribution in [0.15, 0.2) is 36.4 Å². The highest BCUT2D eigenvalue weighted by Crippen LogP contribution is 2.39. The third kappa shape index (κ3) is 4.82. The van der Waals surface area contributed by atoms with Gasteiger partial charge < -0.3 is 19.1 Å². The van der Waals surface area contributed by atoms with Crippen molar-refractivity contribution in [3.05, 3.63) is 52.5 Å². The van der Waals surface area contributed by atoms with E-state index in [0.29, 0.717) is 34.3 Å². The molecule has 1 saturated heterocycles. The van der Waals surface area contributed by atoms with Crippen LogP contribution in [0.4, 0.5) is 0 Å². The fourth-order valence-electron chi connectivity index (χ4n) is 3.59. The van der Waals surface area contributed by atoms with Gasteiger partial charge in [0.05, 0.1) is 32.8 Å². The highest BCUT2D eigenvalue weighted by atomic mass is 35.5. The number of hydrogen-bond acceptors (Lipinski definition) is 6. The molecule has 9 heteroatoms. The van der Waals surface area contributed by atoms with Crippen molar-refractivity contribution in [2.24, 2.45) is 0 Å². The molecule has 3 rings (SSSR count). The van der Waals surface area contributed by atoms with E-state index >= 15 is 0 Å². The molecule has 0 unspecified atom stereocenters. The fourth-order valence-corrected chi connectivity index (χ4v) is 5.53. The van der Waals surface area contributed by atoms with Gasteiger partial charge in [0, 0.05) is 23.2 Å². The lowest BCUT2D eigenvalue weighted by Gasteiger charge is -2.29. The van der Waals surface area contributed by atoms with Crippen molar-refractivity contribution in [3.63, 3.8) is 0 Å². The standard InChI is InChI=1S/C21H24ClNO6S/c1-27-18-10-15(11-19(28-2)20(18)29-3)21(24)23(17-7-8-30(25,26)13-17)12-14-5-4-6-16(22)9-14/h4-6,9-11,17H,7-8,12-13H2,1-3H3/t17-/m1/s1. The van der Waals surface area contributed by atoms with Gasteiger partial charge in [-0.1, -0.05) is 23.7 Å². The molecule has 0 spiro atoms. The highest BCUT2D eigenvalue weighted by Gasteiger charge is 2.35. The molecule has 1 aliphatic rings. The maximum Gasteiger partial charge on any atom is 0.254 e. The van der Waals surface area contributed by atoms with Crippen molar-refractivity contribution >= 4 is 27.3 Å². The van der Waals surface area contributed by atoms with Crippen LogP contribution in [-0.2, 0) is 16.4 Å². The van der Waals surface area contributed by atoms with Crippen LogP contribution in [0.2, 0.25) is 5.02 Å². The van der Waals surface area contributed by atoms with Crippen LogP contribution in [-0.4, -0.2) is 58.1 Å². The summed E-state index contributed by atoms with van der Waals surface area (Å²) >= 11 is 6.10. The summed E-state index contributed by atoms with van der Waals surface area (Å²) in [5.41, 5.74) is 1.13. The maximum atomic E-state index is 13.5. The lowest BCUT2D eigenvalue weighted by Crippen LogP contribution is -2.40. The first-order valence-electron chi connectivity index (χ1n) is 9.34. The van der Waals surface area contributed by atoms with E-state index in [1.54, 1.807) is 35.2 Å². The molecule has 0 saturated carbocycles. The van der Waals surface area contributed by atoms with Crippen LogP contribution < -0.4 is 14.2 Å². The van der Waals surface area contributed by atoms with Crippen molar-refractivity contribution in [2.75, 3.05) is 32.8 Å². The topological polar surface area (TPSA) is 82.1 Å². The number of amides is 1. The van der Waals surface area contributed by atoms with Gasteiger partial charge in [-0.25, -0.2) is 8.42 Å². The number of ether oxygens (including phenoxy) is 3. The van der Waals surface area contributed by atoms with Gasteiger partial charge >= 0.3 is 0 Å². The summed E-state index contributed by atoms with van der Waals surface area (Å²) in [5, 5.41) is 0.548. The molecule has 0 N–H and O–H groups in total. The third-order valence-electron chi connectivity index (χ3n) is 5.06. The molecule has 2 aromatic carbocycles. The Morgan fingerprint density at radius 1 is 1.10 bits per heavy atom. The van der Waals surface area contributed by atoms with E-state index in [-0.39, 0.29) is 24.0 Å². The van der Waals surface area contributed by atoms with Crippen molar-refractivity contribution in [1.82, 2.24) is 4.90 Å². The molecule has 1 aliphatic heterocycles. The summed E-state index contributed by atoms with van der Waals surface area (Å²) in [7, 11) is 1.24. The number of nitrogens with zero attached hydrogens (tertiary/aromatic N) is 1. The van der Waals surface area contributed by atoms with Crippen LogP contribution in [0, 0.1) is 0 Å². The van der Waals surface area contributed by atoms with Crippen LogP contribution in [0.5, 0.6) is 17.2 Å². The van der Waals surface area contributed by atoms with Gasteiger partial charge in [0.1, 0.15) is 0 Å². The Labute approximate surface area is 181 Å². The molecule has 1 amide bonds. The predicted octanol–water partition coefficient (Wildman–Crippen LogP) is 3.20. The Morgan fingerprint density at radius 2 is 1.77 bits per heavy atom. The van der Waals surface area contributed by atoms with E-state index in [1.807, 2.05) is 6.07 Å². The summed E-state index contributed by atoms with van der Waals surface area (Å²) < 4.78 is 40.2. The molecule has 1 heterocycles. The third-order valence-corrected chi connectivity index (χ3v) is 7.05. The van der Waals surface area contributed by atoms with Crippen LogP contribution in [0.25, 0.3) is 0 Å². The Morgan fingerprint density at radius 3 is 2.27 bits per heavy atom. The second kappa shape index (κ2) is 9.14. The summed E-state index contributed by atoms with van der Waals surface area (Å²) in [5.74, 6) is 0.748. The summed E-state index contributed by atoms with van der Waals surface area (Å²) in [6.45, 7) is 0.232. The van der Waals surface area contributed by atoms with E-state index in [9.17, 15) is 13.2 Å². The van der Waals surface area contributed by atoms with E-state index in [1.165, 1.54) is 21.3 Å². The van der Waals surface area contributed by atoms with Crippen LogP contribution in [0.1, 0.15) is 22.3 Å². The monoisotopic (exact) mass is 453 g/mol. The Hall–Kier alpha value is -2.45. The normalized spacial score (nSPS) is 17.4. The Kier molecular flexibility index (Phi) is 6.77. The number of hydrogen-bond donors (Lipinski definition) is 0. The van der Waals surface area contributed by atoms with E-state index < -0.39 is 15.9 Å². The number of sulfone groups is 1. The Bertz CT molecular complexity index is 1010. The smallest absolute Gasteiger partial charge is 0.254 e. The number of methoxy groups -OCH3 is 3. The lowest BCUT2D eigenvalue weighted by molar-refractivity contribution is 0.0680. The summed E-state index contributed by atoms with van der Waals surface area (Å²) in [6.07, 6.45) is 0.388. The minimum atomic E-state index is -3.18. The van der Waals surface area contributed by atoms with Crippen LogP contribution >= 0.6 is 11.6 Å². The molecule has 1 fully saturated rings. The molecule has 0 radical (unpaired) electrons. The zero-order chi connectivity index (χ0) is 21.9. The fraction of sp³-hybridized carbons (Fsp3) is 0.381. The lowest BCUT2D eigenvalue weighted by atomic mass is 10.1. The van der Waals surface area contributed by atoms with E-state index in [4.69, 9.17) is 25.8 Å². The van der Waals surface area contributed by atoms with Gasteiger partial charge in [0.25, 0.3) is 5.91 Å². The molecule has 2 aromatic rings. The molecule has 1 atom stereocenters. The Balaban J connectivity index is 2.01. The largest absolute Gasteiger partial charge is 0.493 e. The number of benzene rings is 2. The molecule has 0 bridgehead atoms. The van der Waals surface area contributed by atoms with E-state index in [0.717, 1.165) is 5.56 Å². The van der Waals surface area contributed by atoms with Gasteiger partial charge in [0.2, 0.25) is 5.75 Å². The quantitative estimate of drug-likeness (QED) is 0.640. The summed E-state index contributed by atoms with van der Waals surface area (Å²) in [4.78, 5) is 15.1. The SMILES string of the molecule is COc1cc(C(=O)N(Cc2cccc(Cl)c2)[C@@H]2CCS(=O)(=O)C2)cc(OC)c1OC. The minimum Gasteiger partial charge on any atom is -0.493 e. The summed E-state index contributed by atoms with van der Waals surface area (Å²) in [6, 6.07) is 9.86. The number of rotatable bonds is 7. The van der Waals surface area contributed by atoms with Gasteiger partial charge in [-0.05, 0) is 36.2 Å². The maximum absolute atomic E-state index is 13.5. The van der Waals surface area contributed by atoms with Crippen molar-refractivity contribution in [3.8, 4) is 17.2 Å². The predicted molar refractivity (Wildman–Crippen MR) is 114 cm³/mol. The first-order chi connectivity index (χ1) is 14.3. The van der Waals surface area contributed by atoms with Gasteiger partial charge in [-0.2, -0.15) is 0 Å². The number of halogens is 1. The van der Waals surface area contributed by atoms with Crippen molar-refractivity contribution < 1.29 is 27.4 Å². The van der Waals surface area contributed by atoms with E-state index in [2.05, 4.69) is 0 Å². The van der Waals surface area contributed by atoms with Gasteiger partial charge in [-0.3, -0.25) is 4.79 Å². The molecule has 0 aliphatic carbocycles.